The summed E-state index contributed by atoms with van der Waals surface area (Å²) in [6, 6.07) is 3.27. The Balaban J connectivity index is 2.36. The van der Waals surface area contributed by atoms with Crippen molar-refractivity contribution in [2.24, 2.45) is 5.10 Å². The molecule has 0 spiro atoms. The lowest BCUT2D eigenvalue weighted by molar-refractivity contribution is -0.150. The van der Waals surface area contributed by atoms with E-state index in [9.17, 15) is 9.59 Å². The van der Waals surface area contributed by atoms with Gasteiger partial charge in [0, 0.05) is 5.56 Å². The van der Waals surface area contributed by atoms with Crippen molar-refractivity contribution in [3.05, 3.63) is 17.7 Å². The maximum Gasteiger partial charge on any atom is 0.327 e. The summed E-state index contributed by atoms with van der Waals surface area (Å²) < 4.78 is 26.0. The number of carbonyl (C=O) groups excluding carboxylic acids is 2. The molecule has 0 bridgehead atoms. The number of benzene rings is 1. The fourth-order valence-electron chi connectivity index (χ4n) is 2.20. The van der Waals surface area contributed by atoms with Crippen LogP contribution < -0.4 is 14.2 Å². The molecule has 0 fully saturated rings. The molecule has 0 unspecified atom stereocenters. The van der Waals surface area contributed by atoms with Crippen LogP contribution in [0.25, 0.3) is 0 Å². The Kier molecular flexibility index (Phi) is 6.04. The summed E-state index contributed by atoms with van der Waals surface area (Å²) in [5.74, 6) is 0.414. The number of hydrogen-bond acceptors (Lipinski definition) is 8. The second-order valence-electron chi connectivity index (χ2n) is 4.86. The summed E-state index contributed by atoms with van der Waals surface area (Å²) in [5, 5.41) is 5.10. The highest BCUT2D eigenvalue weighted by Gasteiger charge is 2.26. The van der Waals surface area contributed by atoms with E-state index in [2.05, 4.69) is 5.10 Å². The predicted octanol–water partition coefficient (Wildman–Crippen LogP) is 0.796. The number of ether oxygens (including phenoxy) is 5. The van der Waals surface area contributed by atoms with E-state index in [0.717, 1.165) is 5.01 Å². The Morgan fingerprint density at radius 3 is 2.36 bits per heavy atom. The molecule has 0 saturated carbocycles. The molecule has 1 aromatic carbocycles. The van der Waals surface area contributed by atoms with E-state index < -0.39 is 11.9 Å². The quantitative estimate of drug-likeness (QED) is 0.670. The van der Waals surface area contributed by atoms with Gasteiger partial charge in [0.05, 0.1) is 27.9 Å². The lowest BCUT2D eigenvalue weighted by atomic mass is 10.1. The van der Waals surface area contributed by atoms with E-state index in [1.54, 1.807) is 19.1 Å². The van der Waals surface area contributed by atoms with Gasteiger partial charge >= 0.3 is 5.97 Å². The third-order valence-electron chi connectivity index (χ3n) is 3.33. The Morgan fingerprint density at radius 2 is 1.84 bits per heavy atom. The number of nitrogens with zero attached hydrogens (tertiary/aromatic N) is 2. The minimum atomic E-state index is -0.550. The van der Waals surface area contributed by atoms with Gasteiger partial charge in [-0.05, 0) is 19.1 Å². The minimum absolute atomic E-state index is 0.156. The molecule has 0 atom stereocenters. The highest BCUT2D eigenvalue weighted by Crippen LogP contribution is 2.38. The molecule has 0 saturated heterocycles. The van der Waals surface area contributed by atoms with Gasteiger partial charge in [-0.15, -0.1) is 5.10 Å². The molecule has 1 aromatic rings. The molecule has 0 N–H and O–H groups in total. The van der Waals surface area contributed by atoms with Crippen LogP contribution in [0.1, 0.15) is 12.5 Å². The van der Waals surface area contributed by atoms with Gasteiger partial charge in [-0.2, -0.15) is 0 Å². The van der Waals surface area contributed by atoms with Crippen molar-refractivity contribution in [1.29, 1.82) is 0 Å². The Hall–Kier alpha value is -2.97. The first-order chi connectivity index (χ1) is 12.0. The Bertz CT molecular complexity index is 662. The lowest BCUT2D eigenvalue weighted by Gasteiger charge is -2.23. The predicted molar refractivity (Wildman–Crippen MR) is 86.9 cm³/mol. The molecule has 1 aliphatic rings. The Morgan fingerprint density at radius 1 is 1.20 bits per heavy atom. The summed E-state index contributed by atoms with van der Waals surface area (Å²) >= 11 is 0. The van der Waals surface area contributed by atoms with Crippen molar-refractivity contribution < 1.29 is 33.3 Å². The molecule has 9 nitrogen and oxygen atoms in total. The second kappa shape index (κ2) is 8.22. The van der Waals surface area contributed by atoms with Crippen LogP contribution in [0, 0.1) is 0 Å². The maximum absolute atomic E-state index is 11.9. The zero-order valence-electron chi connectivity index (χ0n) is 14.5. The zero-order chi connectivity index (χ0) is 18.4. The number of rotatable bonds is 7. The number of carbonyl (C=O) groups is 2. The van der Waals surface area contributed by atoms with Crippen LogP contribution in [-0.2, 0) is 19.1 Å². The molecule has 25 heavy (non-hydrogen) atoms. The number of methoxy groups -OCH3 is 3. The van der Waals surface area contributed by atoms with Crippen molar-refractivity contribution in [3.63, 3.8) is 0 Å². The van der Waals surface area contributed by atoms with Crippen LogP contribution in [0.15, 0.2) is 17.2 Å². The smallest absolute Gasteiger partial charge is 0.327 e. The van der Waals surface area contributed by atoms with Crippen molar-refractivity contribution in [1.82, 2.24) is 5.01 Å². The van der Waals surface area contributed by atoms with Gasteiger partial charge in [0.15, 0.2) is 18.1 Å². The first-order valence-electron chi connectivity index (χ1n) is 7.51. The largest absolute Gasteiger partial charge is 0.493 e. The molecule has 9 heteroatoms. The van der Waals surface area contributed by atoms with Crippen LogP contribution >= 0.6 is 0 Å². The summed E-state index contributed by atoms with van der Waals surface area (Å²) in [4.78, 5) is 23.5. The summed E-state index contributed by atoms with van der Waals surface area (Å²) in [5.41, 5.74) is 0.510. The minimum Gasteiger partial charge on any atom is -0.493 e. The topological polar surface area (TPSA) is 95.9 Å². The lowest BCUT2D eigenvalue weighted by Crippen LogP contribution is -2.40. The number of hydrazone groups is 1. The highest BCUT2D eigenvalue weighted by atomic mass is 16.5. The summed E-state index contributed by atoms with van der Waals surface area (Å²) in [6.45, 7) is 1.38. The first kappa shape index (κ1) is 18.4. The third kappa shape index (κ3) is 4.11. The van der Waals surface area contributed by atoms with Crippen LogP contribution in [-0.4, -0.2) is 63.9 Å². The first-order valence-corrected chi connectivity index (χ1v) is 7.51. The van der Waals surface area contributed by atoms with E-state index in [0.29, 0.717) is 22.8 Å². The zero-order valence-corrected chi connectivity index (χ0v) is 14.5. The van der Waals surface area contributed by atoms with Crippen molar-refractivity contribution in [2.75, 3.05) is 41.1 Å². The van der Waals surface area contributed by atoms with Gasteiger partial charge < -0.3 is 23.7 Å². The van der Waals surface area contributed by atoms with Gasteiger partial charge in [0.25, 0.3) is 5.91 Å². The molecule has 1 amide bonds. The van der Waals surface area contributed by atoms with Gasteiger partial charge in [-0.3, -0.25) is 9.59 Å². The standard InChI is InChI=1S/C16H20N2O7/c1-5-24-14(20)8-18-13(19)9-25-16(17-18)10-6-11(21-2)15(23-4)12(7-10)22-3/h6-7H,5,8-9H2,1-4H3. The average Bonchev–Trinajstić information content (AvgIpc) is 2.62. The fourth-order valence-corrected chi connectivity index (χ4v) is 2.20. The van der Waals surface area contributed by atoms with Gasteiger partial charge in [-0.1, -0.05) is 0 Å². The molecular formula is C16H20N2O7. The van der Waals surface area contributed by atoms with Crippen LogP contribution in [0.3, 0.4) is 0 Å². The maximum atomic E-state index is 11.9. The number of hydrogen-bond donors (Lipinski definition) is 0. The summed E-state index contributed by atoms with van der Waals surface area (Å²) in [7, 11) is 4.47. The molecular weight excluding hydrogens is 332 g/mol. The van der Waals surface area contributed by atoms with E-state index in [-0.39, 0.29) is 25.7 Å². The third-order valence-corrected chi connectivity index (χ3v) is 3.33. The van der Waals surface area contributed by atoms with Crippen molar-refractivity contribution >= 4 is 17.8 Å². The fraction of sp³-hybridized carbons (Fsp3) is 0.438. The molecule has 2 rings (SSSR count). The van der Waals surface area contributed by atoms with Gasteiger partial charge in [0.1, 0.15) is 6.54 Å². The van der Waals surface area contributed by atoms with E-state index in [1.165, 1.54) is 21.3 Å². The Labute approximate surface area is 145 Å². The molecule has 1 heterocycles. The van der Waals surface area contributed by atoms with E-state index in [4.69, 9.17) is 23.7 Å². The van der Waals surface area contributed by atoms with Crippen LogP contribution in [0.5, 0.6) is 17.2 Å². The van der Waals surface area contributed by atoms with Crippen LogP contribution in [0.4, 0.5) is 0 Å². The monoisotopic (exact) mass is 352 g/mol. The summed E-state index contributed by atoms with van der Waals surface area (Å²) in [6.07, 6.45) is 0. The molecule has 136 valence electrons. The molecule has 0 aliphatic carbocycles. The average molecular weight is 352 g/mol. The second-order valence-corrected chi connectivity index (χ2v) is 4.86. The normalized spacial score (nSPS) is 13.7. The molecule has 0 radical (unpaired) electrons. The van der Waals surface area contributed by atoms with Crippen LogP contribution in [0.2, 0.25) is 0 Å². The van der Waals surface area contributed by atoms with Crippen molar-refractivity contribution in [3.8, 4) is 17.2 Å². The van der Waals surface area contributed by atoms with Gasteiger partial charge in [-0.25, -0.2) is 5.01 Å². The number of esters is 1. The van der Waals surface area contributed by atoms with Crippen molar-refractivity contribution in [2.45, 2.75) is 6.92 Å². The van der Waals surface area contributed by atoms with E-state index >= 15 is 0 Å². The number of amides is 1. The van der Waals surface area contributed by atoms with E-state index in [1.807, 2.05) is 0 Å². The molecule has 1 aliphatic heterocycles. The highest BCUT2D eigenvalue weighted by molar-refractivity contribution is 5.99. The SMILES string of the molecule is CCOC(=O)CN1N=C(c2cc(OC)c(OC)c(OC)c2)OCC1=O. The molecule has 0 aromatic heterocycles. The van der Waals surface area contributed by atoms with Gasteiger partial charge in [0.2, 0.25) is 11.6 Å².